The fourth-order valence-corrected chi connectivity index (χ4v) is 5.56. The van der Waals surface area contributed by atoms with Crippen molar-refractivity contribution >= 4 is 28.5 Å². The predicted molar refractivity (Wildman–Crippen MR) is 133 cm³/mol. The van der Waals surface area contributed by atoms with Crippen molar-refractivity contribution in [1.29, 1.82) is 0 Å². The quantitative estimate of drug-likeness (QED) is 0.383. The average molecular weight is 513 g/mol. The Kier molecular flexibility index (Phi) is 6.05. The van der Waals surface area contributed by atoms with Gasteiger partial charge in [0.1, 0.15) is 29.1 Å². The van der Waals surface area contributed by atoms with Gasteiger partial charge in [-0.3, -0.25) is 9.67 Å². The van der Waals surface area contributed by atoms with E-state index in [1.165, 1.54) is 0 Å². The van der Waals surface area contributed by atoms with Crippen molar-refractivity contribution in [3.63, 3.8) is 0 Å². The fourth-order valence-electron chi connectivity index (χ4n) is 5.31. The number of benzene rings is 1. The van der Waals surface area contributed by atoms with Crippen LogP contribution in [0.1, 0.15) is 36.9 Å². The second-order valence-corrected chi connectivity index (χ2v) is 9.78. The topological polar surface area (TPSA) is 58.9 Å². The number of fused-ring (bicyclic) bond motifs is 1. The molecule has 0 unspecified atom stereocenters. The number of piperidine rings is 1. The van der Waals surface area contributed by atoms with E-state index in [1.54, 1.807) is 29.4 Å². The maximum absolute atomic E-state index is 14.6. The number of aromatic nitrogens is 4. The lowest BCUT2D eigenvalue weighted by Gasteiger charge is -2.26. The molecule has 4 aromatic rings. The van der Waals surface area contributed by atoms with E-state index in [0.29, 0.717) is 33.5 Å². The van der Waals surface area contributed by atoms with Crippen LogP contribution in [0.3, 0.4) is 0 Å². The molecule has 36 heavy (non-hydrogen) atoms. The van der Waals surface area contributed by atoms with Crippen LogP contribution in [0, 0.1) is 11.6 Å². The zero-order valence-electron chi connectivity index (χ0n) is 19.3. The molecule has 186 valence electrons. The van der Waals surface area contributed by atoms with Gasteiger partial charge in [0.15, 0.2) is 0 Å². The third-order valence-corrected chi connectivity index (χ3v) is 7.37. The molecule has 1 aromatic carbocycles. The zero-order valence-corrected chi connectivity index (χ0v) is 20.1. The molecule has 6 nitrogen and oxygen atoms in total. The molecule has 2 aliphatic rings. The van der Waals surface area contributed by atoms with Gasteiger partial charge in [-0.05, 0) is 56.3 Å². The molecule has 6 rings (SSSR count). The SMILES string of the molecule is Fc1ccc(F)c([C@H]2C[C@H](F)CN2c2ccc3ncc(Cl)c(-c4cnn(C5CCNCC5)c4)c3n2)c1. The maximum atomic E-state index is 14.6. The van der Waals surface area contributed by atoms with Gasteiger partial charge in [0.2, 0.25) is 0 Å². The normalized spacial score (nSPS) is 20.9. The molecule has 2 saturated heterocycles. The summed E-state index contributed by atoms with van der Waals surface area (Å²) in [7, 11) is 0. The maximum Gasteiger partial charge on any atom is 0.130 e. The van der Waals surface area contributed by atoms with Crippen LogP contribution >= 0.6 is 11.6 Å². The van der Waals surface area contributed by atoms with E-state index < -0.39 is 23.8 Å². The van der Waals surface area contributed by atoms with E-state index in [2.05, 4.69) is 15.4 Å². The summed E-state index contributed by atoms with van der Waals surface area (Å²) in [5, 5.41) is 8.37. The summed E-state index contributed by atoms with van der Waals surface area (Å²) >= 11 is 6.62. The van der Waals surface area contributed by atoms with E-state index >= 15 is 0 Å². The van der Waals surface area contributed by atoms with Gasteiger partial charge >= 0.3 is 0 Å². The summed E-state index contributed by atoms with van der Waals surface area (Å²) in [6, 6.07) is 6.41. The third-order valence-electron chi connectivity index (χ3n) is 7.09. The van der Waals surface area contributed by atoms with Gasteiger partial charge in [0, 0.05) is 35.5 Å². The molecule has 0 bridgehead atoms. The summed E-state index contributed by atoms with van der Waals surface area (Å²) < 4.78 is 45.1. The van der Waals surface area contributed by atoms with Gasteiger partial charge in [-0.1, -0.05) is 11.6 Å². The molecule has 3 aromatic heterocycles. The fraction of sp³-hybridized carbons (Fsp3) is 0.346. The third kappa shape index (κ3) is 4.20. The van der Waals surface area contributed by atoms with Gasteiger partial charge < -0.3 is 10.2 Å². The number of nitrogens with zero attached hydrogens (tertiary/aromatic N) is 5. The van der Waals surface area contributed by atoms with Gasteiger partial charge in [0.05, 0.1) is 35.4 Å². The van der Waals surface area contributed by atoms with Crippen molar-refractivity contribution in [3.05, 3.63) is 71.1 Å². The van der Waals surface area contributed by atoms with Gasteiger partial charge in [-0.25, -0.2) is 18.2 Å². The summed E-state index contributed by atoms with van der Waals surface area (Å²) in [4.78, 5) is 10.9. The summed E-state index contributed by atoms with van der Waals surface area (Å²) in [6.07, 6.45) is 6.16. The number of alkyl halides is 1. The van der Waals surface area contributed by atoms with Crippen molar-refractivity contribution in [1.82, 2.24) is 25.1 Å². The first-order valence-corrected chi connectivity index (χ1v) is 12.4. The number of pyridine rings is 2. The number of hydrogen-bond donors (Lipinski definition) is 1. The van der Waals surface area contributed by atoms with Crippen LogP contribution in [0.15, 0.2) is 48.9 Å². The highest BCUT2D eigenvalue weighted by Crippen LogP contribution is 2.40. The van der Waals surface area contributed by atoms with Crippen LogP contribution in [0.5, 0.6) is 0 Å². The highest BCUT2D eigenvalue weighted by molar-refractivity contribution is 6.34. The van der Waals surface area contributed by atoms with Crippen molar-refractivity contribution in [2.75, 3.05) is 24.5 Å². The second-order valence-electron chi connectivity index (χ2n) is 9.38. The van der Waals surface area contributed by atoms with Crippen molar-refractivity contribution in [2.24, 2.45) is 0 Å². The lowest BCUT2D eigenvalue weighted by molar-refractivity contribution is 0.343. The van der Waals surface area contributed by atoms with E-state index in [-0.39, 0.29) is 18.5 Å². The van der Waals surface area contributed by atoms with Gasteiger partial charge in [-0.2, -0.15) is 5.10 Å². The number of hydrogen-bond acceptors (Lipinski definition) is 5. The lowest BCUT2D eigenvalue weighted by atomic mass is 10.0. The van der Waals surface area contributed by atoms with Crippen LogP contribution in [0.2, 0.25) is 5.02 Å². The van der Waals surface area contributed by atoms with Crippen LogP contribution in [-0.4, -0.2) is 45.6 Å². The first-order chi connectivity index (χ1) is 17.5. The molecule has 5 heterocycles. The van der Waals surface area contributed by atoms with Gasteiger partial charge in [-0.15, -0.1) is 0 Å². The molecule has 2 aliphatic heterocycles. The zero-order chi connectivity index (χ0) is 24.8. The lowest BCUT2D eigenvalue weighted by Crippen LogP contribution is -2.29. The van der Waals surface area contributed by atoms with Crippen LogP contribution < -0.4 is 10.2 Å². The van der Waals surface area contributed by atoms with Crippen molar-refractivity contribution in [2.45, 2.75) is 37.5 Å². The minimum atomic E-state index is -1.20. The highest BCUT2D eigenvalue weighted by Gasteiger charge is 2.36. The molecular weight excluding hydrogens is 489 g/mol. The molecule has 0 spiro atoms. The van der Waals surface area contributed by atoms with Crippen molar-refractivity contribution < 1.29 is 13.2 Å². The standard InChI is InChI=1S/C26H24ClF3N6/c27-20-12-32-22-3-4-24(35-14-17(29)10-23(35)19-9-16(28)1-2-21(19)30)34-26(22)25(20)15-11-33-36(13-15)18-5-7-31-8-6-18/h1-4,9,11-13,17-18,23,31H,5-8,10,14H2/t17-,23+/m0/s1. The van der Waals surface area contributed by atoms with Crippen LogP contribution in [0.4, 0.5) is 19.0 Å². The summed E-state index contributed by atoms with van der Waals surface area (Å²) in [5.41, 5.74) is 2.79. The predicted octanol–water partition coefficient (Wildman–Crippen LogP) is 5.64. The molecule has 0 saturated carbocycles. The number of rotatable bonds is 4. The van der Waals surface area contributed by atoms with Crippen molar-refractivity contribution in [3.8, 4) is 11.1 Å². The molecule has 0 radical (unpaired) electrons. The Hall–Kier alpha value is -3.17. The Balaban J connectivity index is 1.42. The highest BCUT2D eigenvalue weighted by atomic mass is 35.5. The van der Waals surface area contributed by atoms with E-state index in [4.69, 9.17) is 16.6 Å². The van der Waals surface area contributed by atoms with Crippen LogP contribution in [-0.2, 0) is 0 Å². The summed E-state index contributed by atoms with van der Waals surface area (Å²) in [6.45, 7) is 1.92. The largest absolute Gasteiger partial charge is 0.346 e. The minimum absolute atomic E-state index is 0.0239. The molecule has 2 atom stereocenters. The summed E-state index contributed by atoms with van der Waals surface area (Å²) in [5.74, 6) is -0.687. The Morgan fingerprint density at radius 3 is 2.72 bits per heavy atom. The Labute approximate surface area is 211 Å². The number of halogens is 4. The molecule has 2 fully saturated rings. The average Bonchev–Trinajstić information content (AvgIpc) is 3.53. The van der Waals surface area contributed by atoms with Gasteiger partial charge in [0.25, 0.3) is 0 Å². The Morgan fingerprint density at radius 1 is 1.06 bits per heavy atom. The van der Waals surface area contributed by atoms with E-state index in [9.17, 15) is 13.2 Å². The molecule has 0 aliphatic carbocycles. The minimum Gasteiger partial charge on any atom is -0.346 e. The molecule has 1 N–H and O–H groups in total. The van der Waals surface area contributed by atoms with Crippen LogP contribution in [0.25, 0.3) is 22.2 Å². The first-order valence-electron chi connectivity index (χ1n) is 12.0. The van der Waals surface area contributed by atoms with E-state index in [0.717, 1.165) is 49.7 Å². The molecule has 0 amide bonds. The Morgan fingerprint density at radius 2 is 1.89 bits per heavy atom. The second kappa shape index (κ2) is 9.37. The Bertz CT molecular complexity index is 1420. The molecular formula is C26H24ClF3N6. The smallest absolute Gasteiger partial charge is 0.130 e. The number of anilines is 1. The number of nitrogens with one attached hydrogen (secondary N) is 1. The molecule has 10 heteroatoms. The monoisotopic (exact) mass is 512 g/mol. The first kappa shape index (κ1) is 23.2. The van der Waals surface area contributed by atoms with E-state index in [1.807, 2.05) is 10.9 Å².